The highest BCUT2D eigenvalue weighted by atomic mass is 16.2. The average Bonchev–Trinajstić information content (AvgIpc) is 2.48. The van der Waals surface area contributed by atoms with E-state index in [0.29, 0.717) is 19.1 Å². The van der Waals surface area contributed by atoms with Crippen LogP contribution in [0.4, 0.5) is 0 Å². The summed E-state index contributed by atoms with van der Waals surface area (Å²) in [6.07, 6.45) is 4.57. The summed E-state index contributed by atoms with van der Waals surface area (Å²) in [5.41, 5.74) is 6.89. The Bertz CT molecular complexity index is 415. The van der Waals surface area contributed by atoms with E-state index >= 15 is 0 Å². The van der Waals surface area contributed by atoms with E-state index in [9.17, 15) is 4.79 Å². The summed E-state index contributed by atoms with van der Waals surface area (Å²) in [5, 5.41) is 0. The highest BCUT2D eigenvalue weighted by Crippen LogP contribution is 2.08. The van der Waals surface area contributed by atoms with Crippen molar-refractivity contribution in [3.8, 4) is 0 Å². The van der Waals surface area contributed by atoms with Gasteiger partial charge in [-0.3, -0.25) is 14.7 Å². The van der Waals surface area contributed by atoms with Crippen molar-refractivity contribution < 1.29 is 4.79 Å². The number of carbonyl (C=O) groups excluding carboxylic acids is 1. The molecule has 5 heteroatoms. The van der Waals surface area contributed by atoms with Crippen LogP contribution >= 0.6 is 0 Å². The first-order valence-electron chi connectivity index (χ1n) is 7.27. The zero-order valence-electron chi connectivity index (χ0n) is 12.2. The standard InChI is InChI=1S/C15H24N4O/c1-18(9-7-14-4-2-3-8-17-14)15(20)12-19-10-5-13(16)6-11-19/h2-4,8,13H,5-7,9-12,16H2,1H3. The average molecular weight is 276 g/mol. The lowest BCUT2D eigenvalue weighted by Crippen LogP contribution is -2.45. The number of nitrogens with two attached hydrogens (primary N) is 1. The molecule has 1 aliphatic rings. The van der Waals surface area contributed by atoms with Crippen molar-refractivity contribution in [2.45, 2.75) is 25.3 Å². The van der Waals surface area contributed by atoms with Crippen LogP contribution in [0.25, 0.3) is 0 Å². The van der Waals surface area contributed by atoms with E-state index < -0.39 is 0 Å². The summed E-state index contributed by atoms with van der Waals surface area (Å²) in [4.78, 5) is 20.4. The highest BCUT2D eigenvalue weighted by Gasteiger charge is 2.19. The molecular weight excluding hydrogens is 252 g/mol. The molecule has 0 aromatic carbocycles. The van der Waals surface area contributed by atoms with E-state index in [4.69, 9.17) is 5.73 Å². The van der Waals surface area contributed by atoms with Crippen LogP contribution in [0.3, 0.4) is 0 Å². The second kappa shape index (κ2) is 7.36. The summed E-state index contributed by atoms with van der Waals surface area (Å²) in [5.74, 6) is 0.177. The predicted molar refractivity (Wildman–Crippen MR) is 79.2 cm³/mol. The summed E-state index contributed by atoms with van der Waals surface area (Å²) in [6, 6.07) is 6.17. The zero-order valence-corrected chi connectivity index (χ0v) is 12.2. The van der Waals surface area contributed by atoms with Crippen molar-refractivity contribution in [3.63, 3.8) is 0 Å². The molecule has 0 bridgehead atoms. The number of likely N-dealkylation sites (tertiary alicyclic amines) is 1. The number of rotatable bonds is 5. The predicted octanol–water partition coefficient (Wildman–Crippen LogP) is 0.506. The number of amides is 1. The van der Waals surface area contributed by atoms with Gasteiger partial charge in [-0.2, -0.15) is 0 Å². The molecule has 2 heterocycles. The van der Waals surface area contributed by atoms with Crippen LogP contribution in [0.15, 0.2) is 24.4 Å². The fourth-order valence-electron chi connectivity index (χ4n) is 2.38. The summed E-state index contributed by atoms with van der Waals surface area (Å²) in [6.45, 7) is 3.08. The molecule has 0 saturated carbocycles. The normalized spacial score (nSPS) is 17.1. The molecule has 110 valence electrons. The Hall–Kier alpha value is -1.46. The van der Waals surface area contributed by atoms with E-state index in [-0.39, 0.29) is 5.91 Å². The first-order valence-corrected chi connectivity index (χ1v) is 7.27. The monoisotopic (exact) mass is 276 g/mol. The van der Waals surface area contributed by atoms with Gasteiger partial charge in [-0.15, -0.1) is 0 Å². The second-order valence-corrected chi connectivity index (χ2v) is 5.50. The first-order chi connectivity index (χ1) is 9.65. The maximum atomic E-state index is 12.1. The molecule has 0 atom stereocenters. The van der Waals surface area contributed by atoms with Crippen LogP contribution < -0.4 is 5.73 Å². The van der Waals surface area contributed by atoms with Gasteiger partial charge in [-0.1, -0.05) is 6.07 Å². The van der Waals surface area contributed by atoms with Gasteiger partial charge >= 0.3 is 0 Å². The second-order valence-electron chi connectivity index (χ2n) is 5.50. The molecule has 2 N–H and O–H groups in total. The minimum absolute atomic E-state index is 0.177. The lowest BCUT2D eigenvalue weighted by molar-refractivity contribution is -0.131. The number of nitrogens with zero attached hydrogens (tertiary/aromatic N) is 3. The molecule has 5 nitrogen and oxygen atoms in total. The van der Waals surface area contributed by atoms with Crippen LogP contribution in [0.1, 0.15) is 18.5 Å². The molecule has 20 heavy (non-hydrogen) atoms. The van der Waals surface area contributed by atoms with Crippen molar-refractivity contribution in [2.75, 3.05) is 33.2 Å². The number of hydrogen-bond acceptors (Lipinski definition) is 4. The quantitative estimate of drug-likeness (QED) is 0.851. The van der Waals surface area contributed by atoms with Crippen LogP contribution in [-0.4, -0.2) is 60.0 Å². The van der Waals surface area contributed by atoms with Crippen molar-refractivity contribution in [2.24, 2.45) is 5.73 Å². The molecular formula is C15H24N4O. The topological polar surface area (TPSA) is 62.5 Å². The largest absolute Gasteiger partial charge is 0.344 e. The van der Waals surface area contributed by atoms with Gasteiger partial charge in [0.25, 0.3) is 0 Å². The van der Waals surface area contributed by atoms with Gasteiger partial charge in [-0.25, -0.2) is 0 Å². The third-order valence-electron chi connectivity index (χ3n) is 3.85. The highest BCUT2D eigenvalue weighted by molar-refractivity contribution is 5.78. The van der Waals surface area contributed by atoms with Crippen LogP contribution in [0.2, 0.25) is 0 Å². The Morgan fingerprint density at radius 2 is 2.20 bits per heavy atom. The fourth-order valence-corrected chi connectivity index (χ4v) is 2.38. The van der Waals surface area contributed by atoms with E-state index in [1.54, 1.807) is 11.1 Å². The fraction of sp³-hybridized carbons (Fsp3) is 0.600. The molecule has 2 rings (SSSR count). The molecule has 1 amide bonds. The van der Waals surface area contributed by atoms with Crippen molar-refractivity contribution >= 4 is 5.91 Å². The molecule has 1 fully saturated rings. The van der Waals surface area contributed by atoms with Crippen molar-refractivity contribution in [3.05, 3.63) is 30.1 Å². The maximum absolute atomic E-state index is 12.1. The minimum Gasteiger partial charge on any atom is -0.344 e. The van der Waals surface area contributed by atoms with Crippen LogP contribution in [-0.2, 0) is 11.2 Å². The Morgan fingerprint density at radius 3 is 2.85 bits per heavy atom. The van der Waals surface area contributed by atoms with Crippen LogP contribution in [0.5, 0.6) is 0 Å². The number of piperidine rings is 1. The molecule has 1 saturated heterocycles. The zero-order chi connectivity index (χ0) is 14.4. The Morgan fingerprint density at radius 1 is 1.45 bits per heavy atom. The lowest BCUT2D eigenvalue weighted by atomic mass is 10.1. The Balaban J connectivity index is 1.72. The van der Waals surface area contributed by atoms with E-state index in [2.05, 4.69) is 9.88 Å². The smallest absolute Gasteiger partial charge is 0.236 e. The van der Waals surface area contributed by atoms with Crippen molar-refractivity contribution in [1.82, 2.24) is 14.8 Å². The molecule has 0 spiro atoms. The Kier molecular flexibility index (Phi) is 5.49. The Labute approximate surface area is 120 Å². The van der Waals surface area contributed by atoms with E-state index in [0.717, 1.165) is 38.0 Å². The number of likely N-dealkylation sites (N-methyl/N-ethyl adjacent to an activating group) is 1. The first kappa shape index (κ1) is 14.9. The summed E-state index contributed by atoms with van der Waals surface area (Å²) in [7, 11) is 1.86. The van der Waals surface area contributed by atoms with Crippen molar-refractivity contribution in [1.29, 1.82) is 0 Å². The van der Waals surface area contributed by atoms with Gasteiger partial charge in [0.1, 0.15) is 0 Å². The SMILES string of the molecule is CN(CCc1ccccn1)C(=O)CN1CCC(N)CC1. The molecule has 0 radical (unpaired) electrons. The molecule has 0 aliphatic carbocycles. The third-order valence-corrected chi connectivity index (χ3v) is 3.85. The van der Waals surface area contributed by atoms with E-state index in [1.807, 2.05) is 25.2 Å². The molecule has 1 aromatic rings. The number of carbonyl (C=O) groups is 1. The maximum Gasteiger partial charge on any atom is 0.236 e. The van der Waals surface area contributed by atoms with Gasteiger partial charge in [-0.05, 0) is 25.0 Å². The van der Waals surface area contributed by atoms with Gasteiger partial charge < -0.3 is 10.6 Å². The van der Waals surface area contributed by atoms with Crippen LogP contribution in [0, 0.1) is 0 Å². The van der Waals surface area contributed by atoms with Gasteiger partial charge in [0.05, 0.1) is 6.54 Å². The third kappa shape index (κ3) is 4.58. The summed E-state index contributed by atoms with van der Waals surface area (Å²) < 4.78 is 0. The summed E-state index contributed by atoms with van der Waals surface area (Å²) >= 11 is 0. The van der Waals surface area contributed by atoms with Gasteiger partial charge in [0.2, 0.25) is 5.91 Å². The van der Waals surface area contributed by atoms with Gasteiger partial charge in [0, 0.05) is 51.0 Å². The number of pyridine rings is 1. The lowest BCUT2D eigenvalue weighted by Gasteiger charge is -2.30. The molecule has 1 aromatic heterocycles. The molecule has 1 aliphatic heterocycles. The molecule has 0 unspecified atom stereocenters. The van der Waals surface area contributed by atoms with E-state index in [1.165, 1.54) is 0 Å². The number of aromatic nitrogens is 1. The van der Waals surface area contributed by atoms with Gasteiger partial charge in [0.15, 0.2) is 0 Å². The number of hydrogen-bond donors (Lipinski definition) is 1. The minimum atomic E-state index is 0.177.